The third-order valence-corrected chi connectivity index (χ3v) is 13.1. The summed E-state index contributed by atoms with van der Waals surface area (Å²) in [4.78, 5) is 12.1. The zero-order valence-corrected chi connectivity index (χ0v) is 34.0. The molecular formula is C57H37N3S. The fourth-order valence-electron chi connectivity index (χ4n) is 9.10. The van der Waals surface area contributed by atoms with Crippen LogP contribution in [-0.4, -0.2) is 14.5 Å². The zero-order chi connectivity index (χ0) is 40.3. The fourth-order valence-corrected chi connectivity index (χ4v) is 10.3. The SMILES string of the molecule is C1=Cc2sc3cc(-c4cccc(-c5cccc(-c6cc(-c7ccccc7)cc7c8ccccc8n(-c8nc(-c9ccccc9)c9ccccc9n8)c67)c5)c4)ccc3c2C=CC1. The number of para-hydroxylation sites is 2. The van der Waals surface area contributed by atoms with Crippen LogP contribution in [0.4, 0.5) is 0 Å². The molecule has 0 saturated carbocycles. The Kier molecular flexibility index (Phi) is 8.43. The molecule has 0 saturated heterocycles. The lowest BCUT2D eigenvalue weighted by Crippen LogP contribution is -2.04. The summed E-state index contributed by atoms with van der Waals surface area (Å²) in [5.74, 6) is 0.646. The van der Waals surface area contributed by atoms with Gasteiger partial charge in [-0.25, -0.2) is 9.97 Å². The molecule has 286 valence electrons. The van der Waals surface area contributed by atoms with E-state index in [2.05, 4.69) is 211 Å². The summed E-state index contributed by atoms with van der Waals surface area (Å²) >= 11 is 1.87. The van der Waals surface area contributed by atoms with Gasteiger partial charge in [0.15, 0.2) is 0 Å². The van der Waals surface area contributed by atoms with Crippen LogP contribution in [0.5, 0.6) is 0 Å². The Morgan fingerprint density at radius 3 is 1.87 bits per heavy atom. The molecule has 61 heavy (non-hydrogen) atoms. The Morgan fingerprint density at radius 2 is 1.07 bits per heavy atom. The maximum absolute atomic E-state index is 5.42. The Hall–Kier alpha value is -7.66. The van der Waals surface area contributed by atoms with Gasteiger partial charge in [0.25, 0.3) is 0 Å². The molecule has 0 fully saturated rings. The van der Waals surface area contributed by atoms with Gasteiger partial charge in [-0.1, -0.05) is 164 Å². The number of rotatable bonds is 6. The van der Waals surface area contributed by atoms with Gasteiger partial charge in [-0.05, 0) is 99.5 Å². The molecule has 0 bridgehead atoms. The van der Waals surface area contributed by atoms with Crippen LogP contribution in [0.15, 0.2) is 200 Å². The van der Waals surface area contributed by atoms with Gasteiger partial charge in [0.1, 0.15) is 0 Å². The van der Waals surface area contributed by atoms with Crippen LogP contribution in [0.3, 0.4) is 0 Å². The van der Waals surface area contributed by atoms with Gasteiger partial charge in [-0.2, -0.15) is 0 Å². The zero-order valence-electron chi connectivity index (χ0n) is 33.2. The third kappa shape index (κ3) is 6.11. The summed E-state index contributed by atoms with van der Waals surface area (Å²) in [5, 5.41) is 4.66. The summed E-state index contributed by atoms with van der Waals surface area (Å²) in [6, 6.07) is 67.8. The highest BCUT2D eigenvalue weighted by Gasteiger charge is 2.22. The summed E-state index contributed by atoms with van der Waals surface area (Å²) in [6.45, 7) is 0. The normalized spacial score (nSPS) is 12.4. The van der Waals surface area contributed by atoms with E-state index < -0.39 is 0 Å². The summed E-state index contributed by atoms with van der Waals surface area (Å²) in [7, 11) is 0. The van der Waals surface area contributed by atoms with Gasteiger partial charge >= 0.3 is 0 Å². The summed E-state index contributed by atoms with van der Waals surface area (Å²) in [6.07, 6.45) is 10.0. The van der Waals surface area contributed by atoms with Crippen molar-refractivity contribution in [2.75, 3.05) is 0 Å². The maximum atomic E-state index is 5.42. The first-order valence-electron chi connectivity index (χ1n) is 20.8. The molecule has 0 atom stereocenters. The van der Waals surface area contributed by atoms with E-state index in [0.29, 0.717) is 5.95 Å². The first kappa shape index (κ1) is 35.3. The van der Waals surface area contributed by atoms with Gasteiger partial charge in [0.05, 0.1) is 22.2 Å². The maximum Gasteiger partial charge on any atom is 0.235 e. The van der Waals surface area contributed by atoms with E-state index in [9.17, 15) is 0 Å². The number of allylic oxidation sites excluding steroid dienone is 2. The molecule has 0 unspecified atom stereocenters. The number of hydrogen-bond acceptors (Lipinski definition) is 3. The molecule has 1 aliphatic carbocycles. The summed E-state index contributed by atoms with van der Waals surface area (Å²) in [5.41, 5.74) is 15.7. The third-order valence-electron chi connectivity index (χ3n) is 12.0. The Bertz CT molecular complexity index is 3550. The lowest BCUT2D eigenvalue weighted by molar-refractivity contribution is 1.01. The van der Waals surface area contributed by atoms with E-state index >= 15 is 0 Å². The Balaban J connectivity index is 1.06. The van der Waals surface area contributed by atoms with Crippen molar-refractivity contribution in [3.05, 3.63) is 211 Å². The second-order valence-corrected chi connectivity index (χ2v) is 16.8. The van der Waals surface area contributed by atoms with E-state index in [1.165, 1.54) is 42.8 Å². The minimum atomic E-state index is 0.646. The molecule has 0 radical (unpaired) electrons. The van der Waals surface area contributed by atoms with Crippen molar-refractivity contribution in [3.8, 4) is 61.7 Å². The fraction of sp³-hybridized carbons (Fsp3) is 0.0175. The molecule has 3 heterocycles. The van der Waals surface area contributed by atoms with Crippen molar-refractivity contribution < 1.29 is 0 Å². The van der Waals surface area contributed by atoms with Crippen molar-refractivity contribution in [1.29, 1.82) is 0 Å². The number of fused-ring (bicyclic) bond motifs is 7. The van der Waals surface area contributed by atoms with E-state index in [1.54, 1.807) is 0 Å². The molecule has 4 heteroatoms. The number of thiophene rings is 1. The van der Waals surface area contributed by atoms with Gasteiger partial charge in [0, 0.05) is 42.2 Å². The molecule has 0 aliphatic heterocycles. The minimum absolute atomic E-state index is 0.646. The smallest absolute Gasteiger partial charge is 0.235 e. The van der Waals surface area contributed by atoms with Gasteiger partial charge in [0.2, 0.25) is 5.95 Å². The van der Waals surface area contributed by atoms with E-state index in [0.717, 1.165) is 72.6 Å². The van der Waals surface area contributed by atoms with Gasteiger partial charge < -0.3 is 0 Å². The van der Waals surface area contributed by atoms with Gasteiger partial charge in [-0.3, -0.25) is 4.57 Å². The topological polar surface area (TPSA) is 30.7 Å². The van der Waals surface area contributed by atoms with Crippen molar-refractivity contribution in [3.63, 3.8) is 0 Å². The number of nitrogens with zero attached hydrogens (tertiary/aromatic N) is 3. The second-order valence-electron chi connectivity index (χ2n) is 15.7. The first-order chi connectivity index (χ1) is 30.2. The predicted octanol–water partition coefficient (Wildman–Crippen LogP) is 15.7. The Morgan fingerprint density at radius 1 is 0.426 bits per heavy atom. The molecular weight excluding hydrogens is 759 g/mol. The molecule has 12 rings (SSSR count). The average Bonchev–Trinajstić information content (AvgIpc) is 3.75. The molecule has 1 aliphatic rings. The van der Waals surface area contributed by atoms with Crippen LogP contribution in [0.25, 0.3) is 117 Å². The number of aromatic nitrogens is 3. The van der Waals surface area contributed by atoms with E-state index in [-0.39, 0.29) is 0 Å². The van der Waals surface area contributed by atoms with E-state index in [4.69, 9.17) is 9.97 Å². The highest BCUT2D eigenvalue weighted by molar-refractivity contribution is 7.20. The minimum Gasteiger partial charge on any atom is -0.277 e. The number of hydrogen-bond donors (Lipinski definition) is 0. The van der Waals surface area contributed by atoms with Crippen LogP contribution >= 0.6 is 11.3 Å². The largest absolute Gasteiger partial charge is 0.277 e. The number of benzene rings is 8. The molecule has 8 aromatic carbocycles. The standard InChI is InChI=1S/C57H37N3S/c1-4-16-37(17-5-1)44-34-49(43-23-15-22-41(33-43)39-20-14-21-40(32-39)42-30-31-47-46-25-8-3-9-29-53(46)61-54(47)36-42)56-50(35-44)45-24-11-13-28-52(45)60(56)57-58-51-27-12-10-26-48(51)55(59-57)38-18-6-2-7-19-38/h1-2,4-36H,3H2. The highest BCUT2D eigenvalue weighted by atomic mass is 32.1. The monoisotopic (exact) mass is 795 g/mol. The van der Waals surface area contributed by atoms with E-state index in [1.807, 2.05) is 17.4 Å². The molecule has 11 aromatic rings. The lowest BCUT2D eigenvalue weighted by Gasteiger charge is -2.15. The van der Waals surface area contributed by atoms with Crippen LogP contribution in [0.1, 0.15) is 16.9 Å². The van der Waals surface area contributed by atoms with Crippen LogP contribution < -0.4 is 0 Å². The first-order valence-corrected chi connectivity index (χ1v) is 21.6. The second kappa shape index (κ2) is 14.6. The van der Waals surface area contributed by atoms with Crippen LogP contribution in [-0.2, 0) is 0 Å². The molecule has 0 spiro atoms. The molecule has 0 amide bonds. The highest BCUT2D eigenvalue weighted by Crippen LogP contribution is 2.43. The summed E-state index contributed by atoms with van der Waals surface area (Å²) < 4.78 is 3.60. The average molecular weight is 796 g/mol. The van der Waals surface area contributed by atoms with Crippen LogP contribution in [0.2, 0.25) is 0 Å². The Labute approximate surface area is 357 Å². The van der Waals surface area contributed by atoms with Crippen LogP contribution in [0, 0.1) is 0 Å². The predicted molar refractivity (Wildman–Crippen MR) is 259 cm³/mol. The van der Waals surface area contributed by atoms with Crippen molar-refractivity contribution in [2.45, 2.75) is 6.42 Å². The van der Waals surface area contributed by atoms with Crippen molar-refractivity contribution in [1.82, 2.24) is 14.5 Å². The quantitative estimate of drug-likeness (QED) is 0.168. The molecule has 3 aromatic heterocycles. The van der Waals surface area contributed by atoms with Crippen molar-refractivity contribution in [2.24, 2.45) is 0 Å². The van der Waals surface area contributed by atoms with Crippen molar-refractivity contribution >= 4 is 66.3 Å². The van der Waals surface area contributed by atoms with Gasteiger partial charge in [-0.15, -0.1) is 11.3 Å². The molecule has 0 N–H and O–H groups in total. The lowest BCUT2D eigenvalue weighted by atomic mass is 9.93. The molecule has 3 nitrogen and oxygen atoms in total.